The molecule has 2 N–H and O–H groups in total. The lowest BCUT2D eigenvalue weighted by molar-refractivity contribution is -0.154. The van der Waals surface area contributed by atoms with Crippen LogP contribution in [0, 0.1) is 11.3 Å². The molecular weight excluding hydrogens is 330 g/mol. The van der Waals surface area contributed by atoms with Crippen LogP contribution in [0.2, 0.25) is 5.02 Å². The standard InChI is InChI=1S/C18H24ClNO4/c1-13(10-14-2-4-15(19)5-3-14)11-16(21)20-12-18(17(22)23)6-8-24-9-7-18/h2-5,13H,6-12H2,1H3,(H,20,21)(H,22,23). The average Bonchev–Trinajstić information content (AvgIpc) is 2.56. The third-order valence-corrected chi connectivity index (χ3v) is 4.81. The molecule has 0 saturated carbocycles. The molecule has 0 aromatic heterocycles. The molecular formula is C18H24ClNO4. The first-order valence-corrected chi connectivity index (χ1v) is 8.61. The summed E-state index contributed by atoms with van der Waals surface area (Å²) in [4.78, 5) is 23.7. The monoisotopic (exact) mass is 353 g/mol. The van der Waals surface area contributed by atoms with Gasteiger partial charge in [0.2, 0.25) is 5.91 Å². The molecule has 2 rings (SSSR count). The maximum atomic E-state index is 12.1. The van der Waals surface area contributed by atoms with Gasteiger partial charge in [-0.2, -0.15) is 0 Å². The second kappa shape index (κ2) is 8.49. The van der Waals surface area contributed by atoms with Crippen molar-refractivity contribution in [3.05, 3.63) is 34.9 Å². The number of amides is 1. The second-order valence-electron chi connectivity index (χ2n) is 6.61. The molecule has 1 aliphatic rings. The molecule has 1 aliphatic heterocycles. The van der Waals surface area contributed by atoms with Gasteiger partial charge in [-0.25, -0.2) is 0 Å². The van der Waals surface area contributed by atoms with Gasteiger partial charge in [-0.3, -0.25) is 9.59 Å². The molecule has 0 bridgehead atoms. The van der Waals surface area contributed by atoms with E-state index in [0.717, 1.165) is 12.0 Å². The minimum absolute atomic E-state index is 0.108. The number of carboxylic acid groups (broad SMARTS) is 1. The van der Waals surface area contributed by atoms with E-state index < -0.39 is 11.4 Å². The Balaban J connectivity index is 1.81. The summed E-state index contributed by atoms with van der Waals surface area (Å²) in [5.41, 5.74) is 0.235. The van der Waals surface area contributed by atoms with Crippen LogP contribution in [0.1, 0.15) is 31.7 Å². The first-order valence-electron chi connectivity index (χ1n) is 8.23. The predicted molar refractivity (Wildman–Crippen MR) is 92.1 cm³/mol. The molecule has 1 amide bonds. The van der Waals surface area contributed by atoms with Crippen LogP contribution in [-0.4, -0.2) is 36.7 Å². The number of carboxylic acids is 1. The second-order valence-corrected chi connectivity index (χ2v) is 7.05. The Morgan fingerprint density at radius 1 is 1.29 bits per heavy atom. The van der Waals surface area contributed by atoms with Crippen LogP contribution < -0.4 is 5.32 Å². The van der Waals surface area contributed by atoms with Gasteiger partial charge < -0.3 is 15.2 Å². The first-order chi connectivity index (χ1) is 11.4. The Hall–Kier alpha value is -1.59. The number of aliphatic carboxylic acids is 1. The van der Waals surface area contributed by atoms with E-state index in [2.05, 4.69) is 5.32 Å². The summed E-state index contributed by atoms with van der Waals surface area (Å²) < 4.78 is 5.24. The lowest BCUT2D eigenvalue weighted by atomic mass is 9.80. The minimum Gasteiger partial charge on any atom is -0.481 e. The summed E-state index contributed by atoms with van der Waals surface area (Å²) in [6, 6.07) is 7.59. The molecule has 1 aromatic carbocycles. The largest absolute Gasteiger partial charge is 0.481 e. The highest BCUT2D eigenvalue weighted by Crippen LogP contribution is 2.30. The third kappa shape index (κ3) is 5.21. The molecule has 1 heterocycles. The van der Waals surface area contributed by atoms with Gasteiger partial charge in [-0.15, -0.1) is 0 Å². The number of ether oxygens (including phenoxy) is 1. The average molecular weight is 354 g/mol. The van der Waals surface area contributed by atoms with E-state index in [1.807, 2.05) is 31.2 Å². The fourth-order valence-electron chi connectivity index (χ4n) is 2.98. The molecule has 0 spiro atoms. The maximum Gasteiger partial charge on any atom is 0.311 e. The van der Waals surface area contributed by atoms with E-state index >= 15 is 0 Å². The smallest absolute Gasteiger partial charge is 0.311 e. The lowest BCUT2D eigenvalue weighted by Crippen LogP contribution is -2.46. The van der Waals surface area contributed by atoms with Crippen molar-refractivity contribution in [3.8, 4) is 0 Å². The van der Waals surface area contributed by atoms with Crippen LogP contribution in [0.5, 0.6) is 0 Å². The number of carbonyl (C=O) groups excluding carboxylic acids is 1. The van der Waals surface area contributed by atoms with Crippen molar-refractivity contribution in [1.29, 1.82) is 0 Å². The first kappa shape index (κ1) is 18.7. The highest BCUT2D eigenvalue weighted by Gasteiger charge is 2.40. The van der Waals surface area contributed by atoms with Gasteiger partial charge in [0.1, 0.15) is 0 Å². The summed E-state index contributed by atoms with van der Waals surface area (Å²) in [6.07, 6.45) is 2.02. The molecule has 1 unspecified atom stereocenters. The number of rotatable bonds is 7. The SMILES string of the molecule is CC(CC(=O)NCC1(C(=O)O)CCOCC1)Cc1ccc(Cl)cc1. The fraction of sp³-hybridized carbons (Fsp3) is 0.556. The van der Waals surface area contributed by atoms with Crippen LogP contribution in [0.4, 0.5) is 0 Å². The zero-order chi connectivity index (χ0) is 17.6. The maximum absolute atomic E-state index is 12.1. The van der Waals surface area contributed by atoms with Crippen LogP contribution in [0.15, 0.2) is 24.3 Å². The van der Waals surface area contributed by atoms with Gasteiger partial charge in [0.15, 0.2) is 0 Å². The Morgan fingerprint density at radius 2 is 1.92 bits per heavy atom. The van der Waals surface area contributed by atoms with Crippen molar-refractivity contribution in [2.24, 2.45) is 11.3 Å². The highest BCUT2D eigenvalue weighted by molar-refractivity contribution is 6.30. The van der Waals surface area contributed by atoms with Gasteiger partial charge in [-0.1, -0.05) is 30.7 Å². The Labute approximate surface area is 147 Å². The Bertz CT molecular complexity index is 567. The number of halogens is 1. The molecule has 1 aromatic rings. The van der Waals surface area contributed by atoms with Crippen LogP contribution >= 0.6 is 11.6 Å². The summed E-state index contributed by atoms with van der Waals surface area (Å²) >= 11 is 5.87. The van der Waals surface area contributed by atoms with E-state index in [1.165, 1.54) is 0 Å². The Kier molecular flexibility index (Phi) is 6.63. The van der Waals surface area contributed by atoms with Gasteiger partial charge in [-0.05, 0) is 42.9 Å². The predicted octanol–water partition coefficient (Wildman–Crippen LogP) is 2.91. The molecule has 5 nitrogen and oxygen atoms in total. The normalized spacial score (nSPS) is 17.9. The molecule has 1 atom stereocenters. The van der Waals surface area contributed by atoms with E-state index in [9.17, 15) is 14.7 Å². The van der Waals surface area contributed by atoms with E-state index in [4.69, 9.17) is 16.3 Å². The van der Waals surface area contributed by atoms with Gasteiger partial charge >= 0.3 is 5.97 Å². The van der Waals surface area contributed by atoms with Crippen molar-refractivity contribution in [1.82, 2.24) is 5.32 Å². The van der Waals surface area contributed by atoms with Crippen LogP contribution in [0.3, 0.4) is 0 Å². The Morgan fingerprint density at radius 3 is 2.50 bits per heavy atom. The van der Waals surface area contributed by atoms with Gasteiger partial charge in [0.25, 0.3) is 0 Å². The molecule has 6 heteroatoms. The molecule has 0 radical (unpaired) electrons. The van der Waals surface area contributed by atoms with Crippen molar-refractivity contribution < 1.29 is 19.4 Å². The third-order valence-electron chi connectivity index (χ3n) is 4.56. The lowest BCUT2D eigenvalue weighted by Gasteiger charge is -2.33. The summed E-state index contributed by atoms with van der Waals surface area (Å²) in [5.74, 6) is -0.800. The van der Waals surface area contributed by atoms with Crippen molar-refractivity contribution >= 4 is 23.5 Å². The van der Waals surface area contributed by atoms with Crippen LogP contribution in [0.25, 0.3) is 0 Å². The van der Waals surface area contributed by atoms with Crippen molar-refractivity contribution in [2.75, 3.05) is 19.8 Å². The minimum atomic E-state index is -0.896. The zero-order valence-electron chi connectivity index (χ0n) is 13.9. The van der Waals surface area contributed by atoms with Gasteiger partial charge in [0, 0.05) is 31.2 Å². The number of nitrogens with one attached hydrogen (secondary N) is 1. The molecule has 132 valence electrons. The van der Waals surface area contributed by atoms with Gasteiger partial charge in [0.05, 0.1) is 5.41 Å². The summed E-state index contributed by atoms with van der Waals surface area (Å²) in [7, 11) is 0. The zero-order valence-corrected chi connectivity index (χ0v) is 14.6. The van der Waals surface area contributed by atoms with E-state index in [0.29, 0.717) is 37.5 Å². The number of benzene rings is 1. The molecule has 1 saturated heterocycles. The topological polar surface area (TPSA) is 75.6 Å². The number of hydrogen-bond donors (Lipinski definition) is 2. The quantitative estimate of drug-likeness (QED) is 0.790. The van der Waals surface area contributed by atoms with Crippen molar-refractivity contribution in [2.45, 2.75) is 32.6 Å². The van der Waals surface area contributed by atoms with Crippen molar-refractivity contribution in [3.63, 3.8) is 0 Å². The highest BCUT2D eigenvalue weighted by atomic mass is 35.5. The van der Waals surface area contributed by atoms with E-state index in [-0.39, 0.29) is 18.4 Å². The van der Waals surface area contributed by atoms with E-state index in [1.54, 1.807) is 0 Å². The summed E-state index contributed by atoms with van der Waals surface area (Å²) in [5, 5.41) is 13.0. The van der Waals surface area contributed by atoms with Crippen LogP contribution in [-0.2, 0) is 20.7 Å². The fourth-order valence-corrected chi connectivity index (χ4v) is 3.11. The molecule has 0 aliphatic carbocycles. The number of hydrogen-bond acceptors (Lipinski definition) is 3. The number of carbonyl (C=O) groups is 2. The summed E-state index contributed by atoms with van der Waals surface area (Å²) in [6.45, 7) is 3.03. The molecule has 1 fully saturated rings. The molecule has 24 heavy (non-hydrogen) atoms.